The SMILES string of the molecule is COC(=O)C(C#N)C(=N[C@H]1CCCCN(CC(=O)N2CCCC2)C1=O)Nc1cccc2cc[nH]c12. The summed E-state index contributed by atoms with van der Waals surface area (Å²) in [5, 5.41) is 13.8. The first kappa shape index (κ1) is 24.3. The number of esters is 1. The van der Waals surface area contributed by atoms with Crippen molar-refractivity contribution < 1.29 is 19.1 Å². The molecule has 184 valence electrons. The normalized spacial score (nSPS) is 19.8. The summed E-state index contributed by atoms with van der Waals surface area (Å²) in [6.45, 7) is 1.95. The Labute approximate surface area is 203 Å². The average molecular weight is 479 g/mol. The average Bonchev–Trinajstić information content (AvgIpc) is 3.54. The Hall–Kier alpha value is -3.87. The number of hydrogen-bond donors (Lipinski definition) is 2. The number of amides is 2. The number of nitrogens with zero attached hydrogens (tertiary/aromatic N) is 4. The van der Waals surface area contributed by atoms with Crippen molar-refractivity contribution in [1.82, 2.24) is 14.8 Å². The van der Waals surface area contributed by atoms with Gasteiger partial charge in [0.25, 0.3) is 0 Å². The smallest absolute Gasteiger partial charge is 0.330 e. The number of amidine groups is 1. The molecule has 10 nitrogen and oxygen atoms in total. The van der Waals surface area contributed by atoms with E-state index in [9.17, 15) is 19.6 Å². The van der Waals surface area contributed by atoms with Crippen molar-refractivity contribution in [2.45, 2.75) is 38.1 Å². The van der Waals surface area contributed by atoms with Crippen molar-refractivity contribution >= 4 is 40.2 Å². The molecule has 0 spiro atoms. The summed E-state index contributed by atoms with van der Waals surface area (Å²) >= 11 is 0. The van der Waals surface area contributed by atoms with E-state index in [4.69, 9.17) is 4.74 Å². The highest BCUT2D eigenvalue weighted by atomic mass is 16.5. The molecule has 2 saturated heterocycles. The fourth-order valence-electron chi connectivity index (χ4n) is 4.61. The van der Waals surface area contributed by atoms with Crippen molar-refractivity contribution in [3.05, 3.63) is 30.5 Å². The van der Waals surface area contributed by atoms with E-state index in [0.29, 0.717) is 18.7 Å². The zero-order chi connectivity index (χ0) is 24.8. The molecule has 0 aliphatic carbocycles. The molecule has 4 rings (SSSR count). The summed E-state index contributed by atoms with van der Waals surface area (Å²) in [5.74, 6) is -2.37. The van der Waals surface area contributed by atoms with Gasteiger partial charge in [-0.3, -0.25) is 19.4 Å². The molecule has 3 heterocycles. The van der Waals surface area contributed by atoms with E-state index >= 15 is 0 Å². The number of anilines is 1. The van der Waals surface area contributed by atoms with Crippen LogP contribution in [0.3, 0.4) is 0 Å². The van der Waals surface area contributed by atoms with Gasteiger partial charge in [-0.2, -0.15) is 5.26 Å². The van der Waals surface area contributed by atoms with Gasteiger partial charge >= 0.3 is 5.97 Å². The Morgan fingerprint density at radius 1 is 1.23 bits per heavy atom. The van der Waals surface area contributed by atoms with Crippen LogP contribution in [0.15, 0.2) is 35.5 Å². The number of carbonyl (C=O) groups excluding carboxylic acids is 3. The van der Waals surface area contributed by atoms with E-state index in [1.807, 2.05) is 24.3 Å². The van der Waals surface area contributed by atoms with Gasteiger partial charge in [0, 0.05) is 31.2 Å². The lowest BCUT2D eigenvalue weighted by atomic mass is 10.1. The number of likely N-dealkylation sites (tertiary alicyclic amines) is 2. The first-order chi connectivity index (χ1) is 17.0. The van der Waals surface area contributed by atoms with Crippen LogP contribution in [0.1, 0.15) is 32.1 Å². The topological polar surface area (TPSA) is 131 Å². The van der Waals surface area contributed by atoms with E-state index in [1.54, 1.807) is 22.1 Å². The van der Waals surface area contributed by atoms with Gasteiger partial charge in [0.05, 0.1) is 30.9 Å². The van der Waals surface area contributed by atoms with Crippen LogP contribution in [0, 0.1) is 17.2 Å². The van der Waals surface area contributed by atoms with Crippen molar-refractivity contribution in [1.29, 1.82) is 5.26 Å². The second kappa shape index (κ2) is 11.0. The molecule has 0 bridgehead atoms. The Bertz CT molecular complexity index is 1160. The molecule has 1 aromatic heterocycles. The molecule has 1 aromatic carbocycles. The third-order valence-electron chi connectivity index (χ3n) is 6.52. The molecule has 1 unspecified atom stereocenters. The predicted octanol–water partition coefficient (Wildman–Crippen LogP) is 2.29. The lowest BCUT2D eigenvalue weighted by Gasteiger charge is -2.25. The van der Waals surface area contributed by atoms with Gasteiger partial charge < -0.3 is 24.8 Å². The largest absolute Gasteiger partial charge is 0.468 e. The van der Waals surface area contributed by atoms with E-state index < -0.39 is 17.9 Å². The number of ether oxygens (including phenoxy) is 1. The number of carbonyl (C=O) groups is 3. The van der Waals surface area contributed by atoms with Gasteiger partial charge in [-0.05, 0) is 44.2 Å². The molecule has 2 aliphatic heterocycles. The number of fused-ring (bicyclic) bond motifs is 1. The summed E-state index contributed by atoms with van der Waals surface area (Å²) in [5.41, 5.74) is 1.41. The van der Waals surface area contributed by atoms with Gasteiger partial charge in [0.1, 0.15) is 11.9 Å². The summed E-state index contributed by atoms with van der Waals surface area (Å²) < 4.78 is 4.83. The maximum absolute atomic E-state index is 13.4. The molecule has 35 heavy (non-hydrogen) atoms. The number of aromatic amines is 1. The first-order valence-corrected chi connectivity index (χ1v) is 12.0. The van der Waals surface area contributed by atoms with Crippen LogP contribution < -0.4 is 5.32 Å². The van der Waals surface area contributed by atoms with Gasteiger partial charge in [0.15, 0.2) is 0 Å². The summed E-state index contributed by atoms with van der Waals surface area (Å²) in [4.78, 5) is 49.6. The highest BCUT2D eigenvalue weighted by Gasteiger charge is 2.33. The molecule has 0 saturated carbocycles. The third kappa shape index (κ3) is 5.45. The molecular formula is C25H30N6O4. The van der Waals surface area contributed by atoms with E-state index in [1.165, 1.54) is 7.11 Å². The zero-order valence-corrected chi connectivity index (χ0v) is 19.8. The maximum atomic E-state index is 13.4. The zero-order valence-electron chi connectivity index (χ0n) is 19.8. The number of para-hydroxylation sites is 1. The maximum Gasteiger partial charge on any atom is 0.330 e. The van der Waals surface area contributed by atoms with Crippen molar-refractivity contribution in [3.63, 3.8) is 0 Å². The number of rotatable bonds is 6. The Kier molecular flexibility index (Phi) is 7.65. The number of benzene rings is 1. The fraction of sp³-hybridized carbons (Fsp3) is 0.480. The Balaban J connectivity index is 1.63. The first-order valence-electron chi connectivity index (χ1n) is 12.0. The lowest BCUT2D eigenvalue weighted by molar-refractivity contribution is -0.141. The van der Waals surface area contributed by atoms with Gasteiger partial charge in [-0.15, -0.1) is 0 Å². The van der Waals surface area contributed by atoms with E-state index in [2.05, 4.69) is 15.3 Å². The molecule has 0 radical (unpaired) electrons. The molecule has 2 fully saturated rings. The second-order valence-electron chi connectivity index (χ2n) is 8.83. The predicted molar refractivity (Wildman–Crippen MR) is 131 cm³/mol. The number of nitriles is 1. The molecule has 2 N–H and O–H groups in total. The number of hydrogen-bond acceptors (Lipinski definition) is 6. The molecule has 2 aromatic rings. The minimum absolute atomic E-state index is 0.0219. The fourth-order valence-corrected chi connectivity index (χ4v) is 4.61. The third-order valence-corrected chi connectivity index (χ3v) is 6.52. The summed E-state index contributed by atoms with van der Waals surface area (Å²) in [6.07, 6.45) is 5.72. The molecular weight excluding hydrogens is 448 g/mol. The van der Waals surface area contributed by atoms with Gasteiger partial charge in [0.2, 0.25) is 17.7 Å². The number of H-pyrrole nitrogens is 1. The van der Waals surface area contributed by atoms with Gasteiger partial charge in [-0.1, -0.05) is 12.1 Å². The quantitative estimate of drug-likeness (QED) is 0.372. The van der Waals surface area contributed by atoms with Crippen LogP contribution in [-0.4, -0.2) is 77.7 Å². The Morgan fingerprint density at radius 3 is 2.74 bits per heavy atom. The highest BCUT2D eigenvalue weighted by molar-refractivity contribution is 6.13. The van der Waals surface area contributed by atoms with Crippen molar-refractivity contribution in [2.75, 3.05) is 38.6 Å². The molecule has 10 heteroatoms. The van der Waals surface area contributed by atoms with Crippen LogP contribution in [-0.2, 0) is 19.1 Å². The summed E-state index contributed by atoms with van der Waals surface area (Å²) in [6, 6.07) is 8.63. The molecule has 2 amide bonds. The number of nitrogens with one attached hydrogen (secondary N) is 2. The van der Waals surface area contributed by atoms with Crippen LogP contribution >= 0.6 is 0 Å². The second-order valence-corrected chi connectivity index (χ2v) is 8.83. The standard InChI is InChI=1S/C25H30N6O4/c1-35-25(34)18(15-26)23(28-19-9-6-7-17-10-11-27-22(17)19)29-20-8-2-3-14-31(24(20)33)16-21(32)30-12-4-5-13-30/h6-7,9-11,18,20,27H,2-5,8,12-14,16H2,1H3,(H,28,29)/t18?,20-/m0/s1. The molecule has 2 aliphatic rings. The van der Waals surface area contributed by atoms with Gasteiger partial charge in [-0.25, -0.2) is 0 Å². The lowest BCUT2D eigenvalue weighted by Crippen LogP contribution is -2.45. The van der Waals surface area contributed by atoms with Crippen molar-refractivity contribution in [3.8, 4) is 6.07 Å². The summed E-state index contributed by atoms with van der Waals surface area (Å²) in [7, 11) is 1.21. The van der Waals surface area contributed by atoms with Crippen LogP contribution in [0.4, 0.5) is 5.69 Å². The number of methoxy groups -OCH3 is 1. The minimum atomic E-state index is -1.33. The number of aromatic nitrogens is 1. The monoisotopic (exact) mass is 478 g/mol. The highest BCUT2D eigenvalue weighted by Crippen LogP contribution is 2.24. The van der Waals surface area contributed by atoms with Crippen LogP contribution in [0.5, 0.6) is 0 Å². The van der Waals surface area contributed by atoms with Crippen molar-refractivity contribution in [2.24, 2.45) is 10.9 Å². The minimum Gasteiger partial charge on any atom is -0.468 e. The van der Waals surface area contributed by atoms with Crippen LogP contribution in [0.25, 0.3) is 10.9 Å². The molecule has 2 atom stereocenters. The Morgan fingerprint density at radius 2 is 2.00 bits per heavy atom. The van der Waals surface area contributed by atoms with E-state index in [-0.39, 0.29) is 24.2 Å². The number of aliphatic imine (C=N–C) groups is 1. The van der Waals surface area contributed by atoms with Crippen LogP contribution in [0.2, 0.25) is 0 Å². The van der Waals surface area contributed by atoms with E-state index in [0.717, 1.165) is 49.7 Å².